The van der Waals surface area contributed by atoms with Gasteiger partial charge in [0.25, 0.3) is 0 Å². The van der Waals surface area contributed by atoms with Crippen molar-refractivity contribution >= 4 is 51.9 Å². The summed E-state index contributed by atoms with van der Waals surface area (Å²) in [5, 5.41) is 11.8. The summed E-state index contributed by atoms with van der Waals surface area (Å²) in [6, 6.07) is 4.97. The van der Waals surface area contributed by atoms with E-state index in [1.165, 1.54) is 4.90 Å². The first-order valence-electron chi connectivity index (χ1n) is 5.21. The maximum absolute atomic E-state index is 11.8. The Bertz CT molecular complexity index is 503. The summed E-state index contributed by atoms with van der Waals surface area (Å²) < 4.78 is 0.977. The highest BCUT2D eigenvalue weighted by Gasteiger charge is 2.35. The molecule has 0 radical (unpaired) electrons. The van der Waals surface area contributed by atoms with Gasteiger partial charge in [-0.15, -0.1) is 0 Å². The lowest BCUT2D eigenvalue weighted by Crippen LogP contribution is -2.54. The monoisotopic (exact) mass is 380 g/mol. The maximum atomic E-state index is 11.8. The quantitative estimate of drug-likeness (QED) is 0.775. The first-order chi connectivity index (χ1) is 8.47. The predicted octanol–water partition coefficient (Wildman–Crippen LogP) is 2.49. The molecular formula is C11H10ClIN2O3. The zero-order valence-electron chi connectivity index (χ0n) is 9.19. The van der Waals surface area contributed by atoms with E-state index in [2.05, 4.69) is 27.9 Å². The lowest BCUT2D eigenvalue weighted by Gasteiger charge is -2.36. The third-order valence-electron chi connectivity index (χ3n) is 2.69. The number of nitrogens with one attached hydrogen (secondary N) is 1. The molecule has 1 heterocycles. The number of urea groups is 1. The van der Waals surface area contributed by atoms with Gasteiger partial charge in [0, 0.05) is 16.7 Å². The van der Waals surface area contributed by atoms with Crippen molar-refractivity contribution < 1.29 is 14.7 Å². The number of amides is 2. The first-order valence-corrected chi connectivity index (χ1v) is 6.67. The van der Waals surface area contributed by atoms with Crippen LogP contribution in [-0.2, 0) is 4.79 Å². The number of rotatable bonds is 2. The minimum absolute atomic E-state index is 0.239. The van der Waals surface area contributed by atoms with Crippen molar-refractivity contribution in [1.29, 1.82) is 0 Å². The van der Waals surface area contributed by atoms with E-state index in [1.807, 2.05) is 6.07 Å². The van der Waals surface area contributed by atoms with E-state index >= 15 is 0 Å². The van der Waals surface area contributed by atoms with Crippen molar-refractivity contribution in [3.05, 3.63) is 26.8 Å². The Balaban J connectivity index is 1.94. The van der Waals surface area contributed by atoms with Crippen LogP contribution in [0.1, 0.15) is 0 Å². The number of anilines is 1. The number of nitrogens with zero attached hydrogens (tertiary/aromatic N) is 1. The van der Waals surface area contributed by atoms with Crippen LogP contribution < -0.4 is 5.32 Å². The molecule has 0 aliphatic carbocycles. The molecule has 0 spiro atoms. The number of hydrogen-bond donors (Lipinski definition) is 2. The Morgan fingerprint density at radius 3 is 2.67 bits per heavy atom. The van der Waals surface area contributed by atoms with Crippen molar-refractivity contribution in [3.63, 3.8) is 0 Å². The molecule has 0 bridgehead atoms. The Morgan fingerprint density at radius 1 is 1.44 bits per heavy atom. The van der Waals surface area contributed by atoms with E-state index in [4.69, 9.17) is 16.7 Å². The second-order valence-corrected chi connectivity index (χ2v) is 5.65. The maximum Gasteiger partial charge on any atom is 0.321 e. The lowest BCUT2D eigenvalue weighted by atomic mass is 10.0. The van der Waals surface area contributed by atoms with E-state index < -0.39 is 11.9 Å². The fourth-order valence-corrected chi connectivity index (χ4v) is 2.49. The van der Waals surface area contributed by atoms with Gasteiger partial charge in [-0.05, 0) is 40.8 Å². The molecule has 1 aliphatic heterocycles. The molecule has 0 unspecified atom stereocenters. The Morgan fingerprint density at radius 2 is 2.11 bits per heavy atom. The standard InChI is InChI=1S/C11H10ClIN2O3/c12-8-3-7(13)1-2-9(8)14-11(18)15-4-6(5-15)10(16)17/h1-3,6H,4-5H2,(H,14,18)(H,16,17). The van der Waals surface area contributed by atoms with Crippen LogP contribution in [0.5, 0.6) is 0 Å². The van der Waals surface area contributed by atoms with E-state index in [-0.39, 0.29) is 19.1 Å². The van der Waals surface area contributed by atoms with Crippen LogP contribution in [0, 0.1) is 9.49 Å². The molecule has 5 nitrogen and oxygen atoms in total. The highest BCUT2D eigenvalue weighted by molar-refractivity contribution is 14.1. The molecule has 1 saturated heterocycles. The van der Waals surface area contributed by atoms with Crippen molar-refractivity contribution in [1.82, 2.24) is 4.90 Å². The third kappa shape index (κ3) is 2.86. The van der Waals surface area contributed by atoms with Gasteiger partial charge in [0.2, 0.25) is 0 Å². The summed E-state index contributed by atoms with van der Waals surface area (Å²) in [6.45, 7) is 0.478. The van der Waals surface area contributed by atoms with E-state index in [9.17, 15) is 9.59 Å². The summed E-state index contributed by atoms with van der Waals surface area (Å²) >= 11 is 8.11. The summed E-state index contributed by atoms with van der Waals surface area (Å²) in [4.78, 5) is 23.8. The number of carboxylic acids is 1. The zero-order valence-corrected chi connectivity index (χ0v) is 12.1. The number of carbonyl (C=O) groups is 2. The summed E-state index contributed by atoms with van der Waals surface area (Å²) in [6.07, 6.45) is 0. The van der Waals surface area contributed by atoms with Crippen molar-refractivity contribution in [2.45, 2.75) is 0 Å². The number of halogens is 2. The molecule has 96 valence electrons. The van der Waals surface area contributed by atoms with Crippen LogP contribution in [0.4, 0.5) is 10.5 Å². The number of benzene rings is 1. The molecule has 0 aromatic heterocycles. The highest BCUT2D eigenvalue weighted by Crippen LogP contribution is 2.25. The zero-order chi connectivity index (χ0) is 13.3. The Labute approximate surface area is 122 Å². The average Bonchev–Trinajstić information content (AvgIpc) is 2.19. The average molecular weight is 381 g/mol. The summed E-state index contributed by atoms with van der Waals surface area (Å²) in [7, 11) is 0. The molecule has 1 fully saturated rings. The first kappa shape index (κ1) is 13.4. The van der Waals surface area contributed by atoms with Crippen LogP contribution in [0.3, 0.4) is 0 Å². The molecular weight excluding hydrogens is 370 g/mol. The molecule has 1 aromatic rings. The number of likely N-dealkylation sites (tertiary alicyclic amines) is 1. The summed E-state index contributed by atoms with van der Waals surface area (Å²) in [5.74, 6) is -1.32. The molecule has 1 aromatic carbocycles. The van der Waals surface area contributed by atoms with Crippen molar-refractivity contribution in [2.24, 2.45) is 5.92 Å². The molecule has 0 saturated carbocycles. The van der Waals surface area contributed by atoms with Crippen LogP contribution in [0.2, 0.25) is 5.02 Å². The molecule has 2 amide bonds. The molecule has 2 N–H and O–H groups in total. The smallest absolute Gasteiger partial charge is 0.321 e. The van der Waals surface area contributed by atoms with E-state index in [0.29, 0.717) is 10.7 Å². The van der Waals surface area contributed by atoms with Gasteiger partial charge in [-0.2, -0.15) is 0 Å². The largest absolute Gasteiger partial charge is 0.481 e. The number of aliphatic carboxylic acids is 1. The fourth-order valence-electron chi connectivity index (χ4n) is 1.59. The number of carbonyl (C=O) groups excluding carboxylic acids is 1. The van der Waals surface area contributed by atoms with Gasteiger partial charge in [0.1, 0.15) is 0 Å². The van der Waals surface area contributed by atoms with Crippen molar-refractivity contribution in [3.8, 4) is 0 Å². The topological polar surface area (TPSA) is 69.6 Å². The van der Waals surface area contributed by atoms with Crippen molar-refractivity contribution in [2.75, 3.05) is 18.4 Å². The number of hydrogen-bond acceptors (Lipinski definition) is 2. The van der Waals surface area contributed by atoms with Gasteiger partial charge in [-0.25, -0.2) is 4.79 Å². The second kappa shape index (κ2) is 5.31. The van der Waals surface area contributed by atoms with Gasteiger partial charge < -0.3 is 15.3 Å². The highest BCUT2D eigenvalue weighted by atomic mass is 127. The van der Waals surface area contributed by atoms with Crippen LogP contribution >= 0.6 is 34.2 Å². The number of carboxylic acid groups (broad SMARTS) is 1. The molecule has 1 aliphatic rings. The van der Waals surface area contributed by atoms with Gasteiger partial charge in [0.05, 0.1) is 16.6 Å². The van der Waals surface area contributed by atoms with E-state index in [1.54, 1.807) is 12.1 Å². The predicted molar refractivity (Wildman–Crippen MR) is 75.9 cm³/mol. The van der Waals surface area contributed by atoms with Gasteiger partial charge in [0.15, 0.2) is 0 Å². The van der Waals surface area contributed by atoms with Crippen LogP contribution in [0.25, 0.3) is 0 Å². The molecule has 2 rings (SSSR count). The van der Waals surface area contributed by atoms with Crippen LogP contribution in [-0.4, -0.2) is 35.1 Å². The minimum atomic E-state index is -0.869. The Hall–Kier alpha value is -1.02. The van der Waals surface area contributed by atoms with Crippen LogP contribution in [0.15, 0.2) is 18.2 Å². The normalized spacial score (nSPS) is 15.1. The summed E-state index contributed by atoms with van der Waals surface area (Å²) in [5.41, 5.74) is 0.529. The van der Waals surface area contributed by atoms with Gasteiger partial charge in [-0.1, -0.05) is 11.6 Å². The Kier molecular flexibility index (Phi) is 3.96. The lowest BCUT2D eigenvalue weighted by molar-refractivity contribution is -0.145. The van der Waals surface area contributed by atoms with Gasteiger partial charge in [-0.3, -0.25) is 4.79 Å². The second-order valence-electron chi connectivity index (χ2n) is 3.99. The minimum Gasteiger partial charge on any atom is -0.481 e. The molecule has 18 heavy (non-hydrogen) atoms. The molecule has 0 atom stereocenters. The fraction of sp³-hybridized carbons (Fsp3) is 0.273. The van der Waals surface area contributed by atoms with E-state index in [0.717, 1.165) is 3.57 Å². The SMILES string of the molecule is O=C(O)C1CN(C(=O)Nc2ccc(I)cc2Cl)C1. The third-order valence-corrected chi connectivity index (χ3v) is 3.67. The molecule has 7 heteroatoms. The van der Waals surface area contributed by atoms with Gasteiger partial charge >= 0.3 is 12.0 Å².